The second-order valence-electron chi connectivity index (χ2n) is 4.31. The number of likely N-dealkylation sites (tertiary alicyclic amines) is 1. The Morgan fingerprint density at radius 3 is 2.06 bits per heavy atom. The fourth-order valence-electron chi connectivity index (χ4n) is 2.54. The Morgan fingerprint density at radius 2 is 1.56 bits per heavy atom. The highest BCUT2D eigenvalue weighted by Gasteiger charge is 2.24. The van der Waals surface area contributed by atoms with Crippen LogP contribution >= 0.6 is 0 Å². The van der Waals surface area contributed by atoms with Crippen LogP contribution in [0.3, 0.4) is 0 Å². The predicted octanol–water partition coefficient (Wildman–Crippen LogP) is 1.83. The number of piperidine rings is 1. The van der Waals surface area contributed by atoms with Crippen molar-refractivity contribution < 1.29 is 4.74 Å². The zero-order chi connectivity index (χ0) is 11.8. The van der Waals surface area contributed by atoms with Gasteiger partial charge in [0.25, 0.3) is 0 Å². The molecule has 0 aromatic rings. The summed E-state index contributed by atoms with van der Waals surface area (Å²) in [6, 6.07) is 0.835. The smallest absolute Gasteiger partial charge is 0.0594 e. The summed E-state index contributed by atoms with van der Waals surface area (Å²) in [5, 5.41) is 0. The first-order valence-corrected chi connectivity index (χ1v) is 6.94. The van der Waals surface area contributed by atoms with Gasteiger partial charge < -0.3 is 9.64 Å². The van der Waals surface area contributed by atoms with Gasteiger partial charge in [-0.3, -0.25) is 4.90 Å². The molecule has 16 heavy (non-hydrogen) atoms. The van der Waals surface area contributed by atoms with Gasteiger partial charge in [-0.15, -0.1) is 0 Å². The number of morpholine rings is 1. The zero-order valence-corrected chi connectivity index (χ0v) is 11.2. The van der Waals surface area contributed by atoms with Crippen molar-refractivity contribution in [2.45, 2.75) is 39.7 Å². The molecule has 0 aliphatic carbocycles. The fourth-order valence-corrected chi connectivity index (χ4v) is 2.54. The van der Waals surface area contributed by atoms with Crippen LogP contribution in [0.1, 0.15) is 33.6 Å². The van der Waals surface area contributed by atoms with E-state index in [2.05, 4.69) is 16.7 Å². The Kier molecular flexibility index (Phi) is 7.01. The van der Waals surface area contributed by atoms with Crippen molar-refractivity contribution in [2.75, 3.05) is 45.9 Å². The first-order valence-electron chi connectivity index (χ1n) is 6.94. The average Bonchev–Trinajstić information content (AvgIpc) is 2.42. The second kappa shape index (κ2) is 8.04. The molecule has 0 saturated carbocycles. The Morgan fingerprint density at radius 1 is 1.00 bits per heavy atom. The van der Waals surface area contributed by atoms with Gasteiger partial charge >= 0.3 is 0 Å². The van der Waals surface area contributed by atoms with Gasteiger partial charge in [-0.2, -0.15) is 0 Å². The maximum atomic E-state index is 5.38. The first-order chi connectivity index (χ1) is 7.90. The maximum absolute atomic E-state index is 5.38. The molecule has 0 spiro atoms. The first kappa shape index (κ1) is 13.9. The highest BCUT2D eigenvalue weighted by atomic mass is 16.5. The van der Waals surface area contributed by atoms with Crippen LogP contribution in [0.25, 0.3) is 0 Å². The molecule has 2 fully saturated rings. The summed E-state index contributed by atoms with van der Waals surface area (Å²) in [6.07, 6.45) is 2.71. The zero-order valence-electron chi connectivity index (χ0n) is 11.2. The van der Waals surface area contributed by atoms with Crippen LogP contribution in [0.15, 0.2) is 0 Å². The normalized spacial score (nSPS) is 24.9. The van der Waals surface area contributed by atoms with E-state index < -0.39 is 0 Å². The Bertz CT molecular complexity index is 161. The van der Waals surface area contributed by atoms with Crippen molar-refractivity contribution in [3.05, 3.63) is 0 Å². The van der Waals surface area contributed by atoms with E-state index >= 15 is 0 Å². The summed E-state index contributed by atoms with van der Waals surface area (Å²) in [7, 11) is 0. The van der Waals surface area contributed by atoms with Crippen LogP contribution < -0.4 is 0 Å². The van der Waals surface area contributed by atoms with Crippen molar-refractivity contribution in [1.29, 1.82) is 0 Å². The molecule has 2 aliphatic heterocycles. The topological polar surface area (TPSA) is 15.7 Å². The molecule has 2 saturated heterocycles. The summed E-state index contributed by atoms with van der Waals surface area (Å²) in [5.41, 5.74) is 0. The van der Waals surface area contributed by atoms with E-state index in [4.69, 9.17) is 4.74 Å². The van der Waals surface area contributed by atoms with Crippen molar-refractivity contribution in [1.82, 2.24) is 9.80 Å². The minimum Gasteiger partial charge on any atom is -0.379 e. The van der Waals surface area contributed by atoms with E-state index in [0.717, 1.165) is 32.3 Å². The Labute approximate surface area is 101 Å². The molecule has 0 amide bonds. The minimum absolute atomic E-state index is 0.835. The fraction of sp³-hybridized carbons (Fsp3) is 1.00. The molecule has 2 rings (SSSR count). The van der Waals surface area contributed by atoms with Gasteiger partial charge in [-0.05, 0) is 32.5 Å². The summed E-state index contributed by atoms with van der Waals surface area (Å²) in [4.78, 5) is 5.17. The van der Waals surface area contributed by atoms with Crippen LogP contribution in [0.2, 0.25) is 0 Å². The van der Waals surface area contributed by atoms with Gasteiger partial charge in [0.15, 0.2) is 0 Å². The van der Waals surface area contributed by atoms with E-state index in [1.54, 1.807) is 0 Å². The lowest BCUT2D eigenvalue weighted by Crippen LogP contribution is -2.48. The average molecular weight is 228 g/mol. The molecule has 0 atom stereocenters. The van der Waals surface area contributed by atoms with Crippen molar-refractivity contribution in [3.8, 4) is 0 Å². The molecule has 0 aromatic heterocycles. The molecule has 0 bridgehead atoms. The van der Waals surface area contributed by atoms with Crippen molar-refractivity contribution in [3.63, 3.8) is 0 Å². The largest absolute Gasteiger partial charge is 0.379 e. The van der Waals surface area contributed by atoms with E-state index in [1.165, 1.54) is 32.5 Å². The molecule has 96 valence electrons. The summed E-state index contributed by atoms with van der Waals surface area (Å²) >= 11 is 0. The third kappa shape index (κ3) is 4.04. The monoisotopic (exact) mass is 228 g/mol. The third-order valence-corrected chi connectivity index (χ3v) is 3.57. The summed E-state index contributed by atoms with van der Waals surface area (Å²) < 4.78 is 5.38. The molecule has 3 nitrogen and oxygen atoms in total. The minimum atomic E-state index is 0.835. The SMILES string of the molecule is CC.CCN1CCC(N2CCOCC2)CC1. The lowest BCUT2D eigenvalue weighted by Gasteiger charge is -2.39. The highest BCUT2D eigenvalue weighted by Crippen LogP contribution is 2.17. The number of hydrogen-bond donors (Lipinski definition) is 0. The molecule has 2 heterocycles. The van der Waals surface area contributed by atoms with Gasteiger partial charge in [0.2, 0.25) is 0 Å². The van der Waals surface area contributed by atoms with Gasteiger partial charge in [0.1, 0.15) is 0 Å². The van der Waals surface area contributed by atoms with Crippen LogP contribution in [-0.4, -0.2) is 61.8 Å². The van der Waals surface area contributed by atoms with Crippen LogP contribution in [0.5, 0.6) is 0 Å². The molecular formula is C13H28N2O. The van der Waals surface area contributed by atoms with E-state index in [9.17, 15) is 0 Å². The van der Waals surface area contributed by atoms with E-state index in [1.807, 2.05) is 13.8 Å². The third-order valence-electron chi connectivity index (χ3n) is 3.57. The predicted molar refractivity (Wildman–Crippen MR) is 68.9 cm³/mol. The molecular weight excluding hydrogens is 200 g/mol. The molecule has 0 unspecified atom stereocenters. The van der Waals surface area contributed by atoms with Crippen molar-refractivity contribution in [2.24, 2.45) is 0 Å². The van der Waals surface area contributed by atoms with Gasteiger partial charge in [0, 0.05) is 19.1 Å². The van der Waals surface area contributed by atoms with Crippen LogP contribution in [0.4, 0.5) is 0 Å². The summed E-state index contributed by atoms with van der Waals surface area (Å²) in [6.45, 7) is 14.2. The van der Waals surface area contributed by atoms with Crippen LogP contribution in [0, 0.1) is 0 Å². The standard InChI is InChI=1S/C11H22N2O.C2H6/c1-2-12-5-3-11(4-6-12)13-7-9-14-10-8-13;1-2/h11H,2-10H2,1H3;1-2H3. The second-order valence-corrected chi connectivity index (χ2v) is 4.31. The molecule has 0 N–H and O–H groups in total. The van der Waals surface area contributed by atoms with Gasteiger partial charge in [-0.1, -0.05) is 20.8 Å². The molecule has 0 radical (unpaired) electrons. The lowest BCUT2D eigenvalue weighted by molar-refractivity contribution is 0.00134. The number of ether oxygens (including phenoxy) is 1. The van der Waals surface area contributed by atoms with Crippen LogP contribution in [-0.2, 0) is 4.74 Å². The molecule has 2 aliphatic rings. The number of hydrogen-bond acceptors (Lipinski definition) is 3. The molecule has 0 aromatic carbocycles. The van der Waals surface area contributed by atoms with Crippen molar-refractivity contribution >= 4 is 0 Å². The lowest BCUT2D eigenvalue weighted by atomic mass is 10.0. The van der Waals surface area contributed by atoms with E-state index in [0.29, 0.717) is 0 Å². The highest BCUT2D eigenvalue weighted by molar-refractivity contribution is 4.80. The quantitative estimate of drug-likeness (QED) is 0.717. The maximum Gasteiger partial charge on any atom is 0.0594 e. The number of nitrogens with zero attached hydrogens (tertiary/aromatic N) is 2. The molecule has 3 heteroatoms. The Balaban J connectivity index is 0.000000606. The summed E-state index contributed by atoms with van der Waals surface area (Å²) in [5.74, 6) is 0. The van der Waals surface area contributed by atoms with E-state index in [-0.39, 0.29) is 0 Å². The van der Waals surface area contributed by atoms with Gasteiger partial charge in [0.05, 0.1) is 13.2 Å². The Hall–Kier alpha value is -0.120. The van der Waals surface area contributed by atoms with Gasteiger partial charge in [-0.25, -0.2) is 0 Å². The number of rotatable bonds is 2.